The van der Waals surface area contributed by atoms with Crippen molar-refractivity contribution in [1.82, 2.24) is 14.6 Å². The van der Waals surface area contributed by atoms with Crippen LogP contribution in [0, 0.1) is 0 Å². The minimum atomic E-state index is -0.233. The first-order valence-corrected chi connectivity index (χ1v) is 8.81. The number of rotatable bonds is 3. The van der Waals surface area contributed by atoms with E-state index in [2.05, 4.69) is 44.6 Å². The summed E-state index contributed by atoms with van der Waals surface area (Å²) in [6.07, 6.45) is 1.56. The van der Waals surface area contributed by atoms with Gasteiger partial charge in [0, 0.05) is 18.8 Å². The second-order valence-electron chi connectivity index (χ2n) is 6.55. The van der Waals surface area contributed by atoms with Gasteiger partial charge in [0.25, 0.3) is 5.91 Å². The molecule has 0 radical (unpaired) electrons. The second kappa shape index (κ2) is 6.25. The molecule has 6 heteroatoms. The van der Waals surface area contributed by atoms with Gasteiger partial charge in [0.05, 0.1) is 6.20 Å². The zero-order valence-corrected chi connectivity index (χ0v) is 14.5. The largest absolute Gasteiger partial charge is 0.347 e. The number of hydrogen-bond acceptors (Lipinski definition) is 4. The molecule has 1 aliphatic rings. The van der Waals surface area contributed by atoms with E-state index in [4.69, 9.17) is 0 Å². The molecule has 1 amide bonds. The molecule has 0 fully saturated rings. The van der Waals surface area contributed by atoms with Crippen molar-refractivity contribution in [2.45, 2.75) is 13.1 Å². The second-order valence-corrected chi connectivity index (χ2v) is 6.55. The summed E-state index contributed by atoms with van der Waals surface area (Å²) in [5.74, 6) is 0.591. The third-order valence-corrected chi connectivity index (χ3v) is 4.78. The molecule has 3 heterocycles. The van der Waals surface area contributed by atoms with E-state index in [0.29, 0.717) is 11.3 Å². The lowest BCUT2D eigenvalue weighted by atomic mass is 10.1. The van der Waals surface area contributed by atoms with Crippen molar-refractivity contribution in [3.63, 3.8) is 0 Å². The number of amides is 1. The van der Waals surface area contributed by atoms with E-state index in [1.165, 1.54) is 11.1 Å². The van der Waals surface area contributed by atoms with Gasteiger partial charge in [0.2, 0.25) is 0 Å². The van der Waals surface area contributed by atoms with E-state index in [1.807, 2.05) is 42.5 Å². The fourth-order valence-electron chi connectivity index (χ4n) is 3.40. The molecule has 5 rings (SSSR count). The third-order valence-electron chi connectivity index (χ3n) is 4.78. The molecule has 0 unspecified atom stereocenters. The standard InChI is InChI=1S/C21H17N5O/c27-21(23-17-8-2-1-3-9-17)18-12-22-19-10-11-20(24-26(18)19)25-13-15-6-4-5-7-16(15)14-25/h1-12H,13-14H2,(H,23,27). The molecule has 0 aliphatic carbocycles. The van der Waals surface area contributed by atoms with Crippen molar-refractivity contribution >= 4 is 23.1 Å². The maximum atomic E-state index is 12.7. The molecule has 0 saturated heterocycles. The molecule has 132 valence electrons. The Labute approximate surface area is 156 Å². The number of fused-ring (bicyclic) bond motifs is 2. The Morgan fingerprint density at radius 1 is 0.889 bits per heavy atom. The Bertz CT molecular complexity index is 1110. The van der Waals surface area contributed by atoms with Crippen LogP contribution in [0.3, 0.4) is 0 Å². The Morgan fingerprint density at radius 2 is 1.59 bits per heavy atom. The zero-order chi connectivity index (χ0) is 18.2. The molecule has 0 atom stereocenters. The third kappa shape index (κ3) is 2.81. The van der Waals surface area contributed by atoms with Crippen LogP contribution in [0.5, 0.6) is 0 Å². The quantitative estimate of drug-likeness (QED) is 0.611. The number of benzene rings is 2. The van der Waals surface area contributed by atoms with Crippen LogP contribution in [0.2, 0.25) is 0 Å². The lowest BCUT2D eigenvalue weighted by Gasteiger charge is -2.16. The molecule has 1 aliphatic heterocycles. The molecule has 2 aromatic carbocycles. The van der Waals surface area contributed by atoms with Crippen LogP contribution in [-0.4, -0.2) is 20.5 Å². The van der Waals surface area contributed by atoms with Gasteiger partial charge < -0.3 is 10.2 Å². The van der Waals surface area contributed by atoms with Gasteiger partial charge in [0.1, 0.15) is 5.82 Å². The molecular weight excluding hydrogens is 338 g/mol. The summed E-state index contributed by atoms with van der Waals surface area (Å²) in [5, 5.41) is 7.57. The van der Waals surface area contributed by atoms with E-state index in [0.717, 1.165) is 24.6 Å². The first-order chi connectivity index (χ1) is 13.3. The highest BCUT2D eigenvalue weighted by Crippen LogP contribution is 2.26. The molecule has 6 nitrogen and oxygen atoms in total. The number of carbonyl (C=O) groups excluding carboxylic acids is 1. The van der Waals surface area contributed by atoms with Crippen molar-refractivity contribution in [2.24, 2.45) is 0 Å². The van der Waals surface area contributed by atoms with Crippen molar-refractivity contribution in [2.75, 3.05) is 10.2 Å². The lowest BCUT2D eigenvalue weighted by molar-refractivity contribution is 0.102. The average Bonchev–Trinajstić information content (AvgIpc) is 3.32. The van der Waals surface area contributed by atoms with Gasteiger partial charge in [-0.15, -0.1) is 5.10 Å². The van der Waals surface area contributed by atoms with Crippen LogP contribution >= 0.6 is 0 Å². The lowest BCUT2D eigenvalue weighted by Crippen LogP contribution is -2.19. The van der Waals surface area contributed by atoms with Gasteiger partial charge in [-0.3, -0.25) is 4.79 Å². The predicted molar refractivity (Wildman–Crippen MR) is 104 cm³/mol. The summed E-state index contributed by atoms with van der Waals surface area (Å²) >= 11 is 0. The molecule has 0 bridgehead atoms. The number of imidazole rings is 1. The molecule has 1 N–H and O–H groups in total. The van der Waals surface area contributed by atoms with E-state index < -0.39 is 0 Å². The van der Waals surface area contributed by atoms with Crippen molar-refractivity contribution in [3.05, 3.63) is 89.7 Å². The summed E-state index contributed by atoms with van der Waals surface area (Å²) in [4.78, 5) is 19.2. The Morgan fingerprint density at radius 3 is 2.33 bits per heavy atom. The van der Waals surface area contributed by atoms with Crippen molar-refractivity contribution < 1.29 is 4.79 Å². The van der Waals surface area contributed by atoms with Gasteiger partial charge in [-0.25, -0.2) is 9.50 Å². The van der Waals surface area contributed by atoms with Gasteiger partial charge >= 0.3 is 0 Å². The summed E-state index contributed by atoms with van der Waals surface area (Å²) in [5.41, 5.74) is 4.42. The molecular formula is C21H17N5O. The molecule has 2 aromatic heterocycles. The summed E-state index contributed by atoms with van der Waals surface area (Å²) < 4.78 is 1.61. The van der Waals surface area contributed by atoms with E-state index in [9.17, 15) is 4.79 Å². The number of nitrogens with zero attached hydrogens (tertiary/aromatic N) is 4. The minimum absolute atomic E-state index is 0.233. The molecule has 0 spiro atoms. The van der Waals surface area contributed by atoms with Gasteiger partial charge in [-0.1, -0.05) is 42.5 Å². The van der Waals surface area contributed by atoms with E-state index in [-0.39, 0.29) is 5.91 Å². The Balaban J connectivity index is 1.46. The molecule has 0 saturated carbocycles. The smallest absolute Gasteiger partial charge is 0.276 e. The summed E-state index contributed by atoms with van der Waals surface area (Å²) in [6.45, 7) is 1.63. The first kappa shape index (κ1) is 15.6. The normalized spacial score (nSPS) is 13.0. The van der Waals surface area contributed by atoms with Gasteiger partial charge in [-0.2, -0.15) is 0 Å². The number of hydrogen-bond donors (Lipinski definition) is 1. The van der Waals surface area contributed by atoms with Crippen molar-refractivity contribution in [1.29, 1.82) is 0 Å². The average molecular weight is 355 g/mol. The highest BCUT2D eigenvalue weighted by Gasteiger charge is 2.21. The fraction of sp³-hybridized carbons (Fsp3) is 0.0952. The van der Waals surface area contributed by atoms with Crippen LogP contribution in [0.1, 0.15) is 21.6 Å². The van der Waals surface area contributed by atoms with Crippen LogP contribution in [0.25, 0.3) is 5.65 Å². The van der Waals surface area contributed by atoms with Crippen LogP contribution < -0.4 is 10.2 Å². The molecule has 27 heavy (non-hydrogen) atoms. The zero-order valence-electron chi connectivity index (χ0n) is 14.5. The highest BCUT2D eigenvalue weighted by molar-refractivity contribution is 6.03. The first-order valence-electron chi connectivity index (χ1n) is 8.81. The van der Waals surface area contributed by atoms with Gasteiger partial charge in [-0.05, 0) is 35.4 Å². The number of nitrogens with one attached hydrogen (secondary N) is 1. The monoisotopic (exact) mass is 355 g/mol. The highest BCUT2D eigenvalue weighted by atomic mass is 16.2. The van der Waals surface area contributed by atoms with Crippen LogP contribution in [-0.2, 0) is 13.1 Å². The van der Waals surface area contributed by atoms with Crippen molar-refractivity contribution in [3.8, 4) is 0 Å². The maximum Gasteiger partial charge on any atom is 0.276 e. The number of anilines is 2. The number of para-hydroxylation sites is 1. The Hall–Kier alpha value is -3.67. The fourth-order valence-corrected chi connectivity index (χ4v) is 3.40. The van der Waals surface area contributed by atoms with Crippen LogP contribution in [0.15, 0.2) is 72.9 Å². The van der Waals surface area contributed by atoms with Gasteiger partial charge in [0.15, 0.2) is 11.3 Å². The van der Waals surface area contributed by atoms with Crippen LogP contribution in [0.4, 0.5) is 11.5 Å². The van der Waals surface area contributed by atoms with E-state index in [1.54, 1.807) is 10.7 Å². The minimum Gasteiger partial charge on any atom is -0.347 e. The summed E-state index contributed by atoms with van der Waals surface area (Å²) in [6, 6.07) is 21.6. The molecule has 4 aromatic rings. The van der Waals surface area contributed by atoms with E-state index >= 15 is 0 Å². The SMILES string of the molecule is O=C(Nc1ccccc1)c1cnc2ccc(N3Cc4ccccc4C3)nn12. The predicted octanol–water partition coefficient (Wildman–Crippen LogP) is 3.50. The Kier molecular flexibility index (Phi) is 3.60. The topological polar surface area (TPSA) is 62.5 Å². The number of carbonyl (C=O) groups is 1. The summed E-state index contributed by atoms with van der Waals surface area (Å²) in [7, 11) is 0. The number of aromatic nitrogens is 3. The maximum absolute atomic E-state index is 12.7.